The van der Waals surface area contributed by atoms with Gasteiger partial charge in [-0.1, -0.05) is 0 Å². The maximum Gasteiger partial charge on any atom is 0.406 e. The lowest BCUT2D eigenvalue weighted by molar-refractivity contribution is -0.225. The molecule has 2 rings (SSSR count). The van der Waals surface area contributed by atoms with Crippen LogP contribution in [-0.4, -0.2) is 42.4 Å². The summed E-state index contributed by atoms with van der Waals surface area (Å²) in [5.74, 6) is -1.57. The highest BCUT2D eigenvalue weighted by Crippen LogP contribution is 2.46. The number of carboxylic acid groups (broad SMARTS) is 1. The monoisotopic (exact) mass is 290 g/mol. The first-order valence-corrected chi connectivity index (χ1v) is 5.85. The number of alkyl halides is 3. The summed E-state index contributed by atoms with van der Waals surface area (Å²) in [5.41, 5.74) is -2.26. The van der Waals surface area contributed by atoms with Crippen LogP contribution in [-0.2, 0) is 4.79 Å². The van der Waals surface area contributed by atoms with Gasteiger partial charge in [-0.05, 0) is 12.5 Å². The van der Waals surface area contributed by atoms with Crippen LogP contribution < -0.4 is 9.64 Å². The van der Waals surface area contributed by atoms with Gasteiger partial charge in [-0.3, -0.25) is 4.79 Å². The fourth-order valence-electron chi connectivity index (χ4n) is 2.26. The lowest BCUT2D eigenvalue weighted by atomic mass is 9.86. The number of carboxylic acids is 1. The van der Waals surface area contributed by atoms with Crippen LogP contribution in [0.4, 0.5) is 18.9 Å². The van der Waals surface area contributed by atoms with Crippen LogP contribution in [0.1, 0.15) is 6.42 Å². The molecule has 5 nitrogen and oxygen atoms in total. The second-order valence-electron chi connectivity index (χ2n) is 4.61. The van der Waals surface area contributed by atoms with Crippen LogP contribution in [0.25, 0.3) is 0 Å². The van der Waals surface area contributed by atoms with Gasteiger partial charge in [-0.2, -0.15) is 13.2 Å². The van der Waals surface area contributed by atoms with Gasteiger partial charge in [-0.25, -0.2) is 4.98 Å². The SMILES string of the molecule is COc1cc(N2CCC(C(=O)O)(C(F)(F)F)C2)ccn1. The van der Waals surface area contributed by atoms with E-state index in [0.717, 1.165) is 0 Å². The predicted octanol–water partition coefficient (Wildman–Crippen LogP) is 1.93. The third-order valence-corrected chi connectivity index (χ3v) is 3.51. The molecule has 1 aromatic rings. The van der Waals surface area contributed by atoms with Gasteiger partial charge in [0.05, 0.1) is 7.11 Å². The molecule has 1 saturated heterocycles. The Hall–Kier alpha value is -1.99. The lowest BCUT2D eigenvalue weighted by Gasteiger charge is -2.27. The molecule has 0 amide bonds. The summed E-state index contributed by atoms with van der Waals surface area (Å²) in [6, 6.07) is 3.01. The van der Waals surface area contributed by atoms with Gasteiger partial charge in [0, 0.05) is 31.0 Å². The molecule has 2 heterocycles. The van der Waals surface area contributed by atoms with Crippen molar-refractivity contribution in [3.05, 3.63) is 18.3 Å². The molecule has 1 aromatic heterocycles. The Morgan fingerprint density at radius 3 is 2.75 bits per heavy atom. The molecule has 1 fully saturated rings. The zero-order chi connectivity index (χ0) is 15.0. The Morgan fingerprint density at radius 1 is 1.55 bits per heavy atom. The highest BCUT2D eigenvalue weighted by atomic mass is 19.4. The van der Waals surface area contributed by atoms with E-state index in [1.54, 1.807) is 0 Å². The van der Waals surface area contributed by atoms with Crippen molar-refractivity contribution in [2.45, 2.75) is 12.6 Å². The molecular weight excluding hydrogens is 277 g/mol. The minimum absolute atomic E-state index is 0.0129. The summed E-state index contributed by atoms with van der Waals surface area (Å²) >= 11 is 0. The van der Waals surface area contributed by atoms with Gasteiger partial charge in [0.2, 0.25) is 5.88 Å². The molecule has 1 atom stereocenters. The Morgan fingerprint density at radius 2 is 2.25 bits per heavy atom. The summed E-state index contributed by atoms with van der Waals surface area (Å²) in [4.78, 5) is 16.3. The molecular formula is C12H13F3N2O3. The first kappa shape index (κ1) is 14.4. The van der Waals surface area contributed by atoms with Crippen LogP contribution in [0.5, 0.6) is 5.88 Å². The fraction of sp³-hybridized carbons (Fsp3) is 0.500. The number of halogens is 3. The van der Waals surface area contributed by atoms with E-state index in [1.807, 2.05) is 0 Å². The van der Waals surface area contributed by atoms with E-state index in [2.05, 4.69) is 4.98 Å². The first-order chi connectivity index (χ1) is 9.30. The lowest BCUT2D eigenvalue weighted by Crippen LogP contribution is -2.47. The van der Waals surface area contributed by atoms with E-state index in [0.29, 0.717) is 5.69 Å². The maximum atomic E-state index is 13.1. The maximum absolute atomic E-state index is 13.1. The zero-order valence-corrected chi connectivity index (χ0v) is 10.6. The molecule has 0 saturated carbocycles. The summed E-state index contributed by atoms with van der Waals surface area (Å²) < 4.78 is 44.1. The average molecular weight is 290 g/mol. The van der Waals surface area contributed by atoms with Crippen LogP contribution in [0.3, 0.4) is 0 Å². The van der Waals surface area contributed by atoms with Crippen molar-refractivity contribution in [1.82, 2.24) is 4.98 Å². The molecule has 1 N–H and O–H groups in total. The standard InChI is InChI=1S/C12H13F3N2O3/c1-20-9-6-8(2-4-16-9)17-5-3-11(7-17,10(18)19)12(13,14)15/h2,4,6H,3,5,7H2,1H3,(H,18,19). The van der Waals surface area contributed by atoms with Gasteiger partial charge in [0.1, 0.15) is 0 Å². The third-order valence-electron chi connectivity index (χ3n) is 3.51. The Labute approximate surface area is 113 Å². The molecule has 1 unspecified atom stereocenters. The molecule has 0 spiro atoms. The number of anilines is 1. The van der Waals surface area contributed by atoms with Crippen LogP contribution in [0.15, 0.2) is 18.3 Å². The van der Waals surface area contributed by atoms with Crippen LogP contribution >= 0.6 is 0 Å². The quantitative estimate of drug-likeness (QED) is 0.921. The number of aromatic nitrogens is 1. The second-order valence-corrected chi connectivity index (χ2v) is 4.61. The predicted molar refractivity (Wildman–Crippen MR) is 63.7 cm³/mol. The van der Waals surface area contributed by atoms with Crippen molar-refractivity contribution in [1.29, 1.82) is 0 Å². The number of rotatable bonds is 3. The summed E-state index contributed by atoms with van der Waals surface area (Å²) in [6.07, 6.45) is -3.86. The summed E-state index contributed by atoms with van der Waals surface area (Å²) in [7, 11) is 1.40. The molecule has 1 aliphatic heterocycles. The largest absolute Gasteiger partial charge is 0.481 e. The number of nitrogens with zero attached hydrogens (tertiary/aromatic N) is 2. The Bertz CT molecular complexity index is 521. The number of methoxy groups -OCH3 is 1. The summed E-state index contributed by atoms with van der Waals surface area (Å²) in [6.45, 7) is -0.599. The molecule has 20 heavy (non-hydrogen) atoms. The van der Waals surface area contributed by atoms with Gasteiger partial charge < -0.3 is 14.7 Å². The van der Waals surface area contributed by atoms with Gasteiger partial charge in [0.25, 0.3) is 0 Å². The van der Waals surface area contributed by atoms with Crippen molar-refractivity contribution in [2.24, 2.45) is 5.41 Å². The van der Waals surface area contributed by atoms with Crippen molar-refractivity contribution < 1.29 is 27.8 Å². The number of aliphatic carboxylic acids is 1. The number of hydrogen-bond donors (Lipinski definition) is 1. The first-order valence-electron chi connectivity index (χ1n) is 5.85. The number of carbonyl (C=O) groups is 1. The number of pyridine rings is 1. The van der Waals surface area contributed by atoms with E-state index < -0.39 is 30.5 Å². The van der Waals surface area contributed by atoms with E-state index in [-0.39, 0.29) is 12.4 Å². The van der Waals surface area contributed by atoms with Gasteiger partial charge >= 0.3 is 12.1 Å². The van der Waals surface area contributed by atoms with Crippen LogP contribution in [0.2, 0.25) is 0 Å². The Balaban J connectivity index is 2.29. The van der Waals surface area contributed by atoms with Crippen molar-refractivity contribution in [3.8, 4) is 5.88 Å². The third kappa shape index (κ3) is 2.25. The van der Waals surface area contributed by atoms with Crippen LogP contribution in [0, 0.1) is 5.41 Å². The second kappa shape index (κ2) is 4.84. The van der Waals surface area contributed by atoms with E-state index in [9.17, 15) is 18.0 Å². The molecule has 0 radical (unpaired) electrons. The zero-order valence-electron chi connectivity index (χ0n) is 10.6. The van der Waals surface area contributed by atoms with Gasteiger partial charge in [-0.15, -0.1) is 0 Å². The van der Waals surface area contributed by atoms with E-state index in [1.165, 1.54) is 30.3 Å². The van der Waals surface area contributed by atoms with Crippen molar-refractivity contribution in [2.75, 3.05) is 25.1 Å². The molecule has 0 aliphatic carbocycles. The summed E-state index contributed by atoms with van der Waals surface area (Å²) in [5, 5.41) is 8.98. The number of hydrogen-bond acceptors (Lipinski definition) is 4. The fourth-order valence-corrected chi connectivity index (χ4v) is 2.26. The average Bonchev–Trinajstić information content (AvgIpc) is 2.85. The Kier molecular flexibility index (Phi) is 3.49. The minimum Gasteiger partial charge on any atom is -0.481 e. The minimum atomic E-state index is -4.79. The van der Waals surface area contributed by atoms with E-state index >= 15 is 0 Å². The molecule has 8 heteroatoms. The molecule has 110 valence electrons. The highest BCUT2D eigenvalue weighted by Gasteiger charge is 2.63. The topological polar surface area (TPSA) is 62.7 Å². The normalized spacial score (nSPS) is 22.9. The number of ether oxygens (including phenoxy) is 1. The highest BCUT2D eigenvalue weighted by molar-refractivity contribution is 5.78. The molecule has 1 aliphatic rings. The van der Waals surface area contributed by atoms with E-state index in [4.69, 9.17) is 9.84 Å². The van der Waals surface area contributed by atoms with Crippen molar-refractivity contribution >= 4 is 11.7 Å². The van der Waals surface area contributed by atoms with Gasteiger partial charge in [0.15, 0.2) is 5.41 Å². The smallest absolute Gasteiger partial charge is 0.406 e. The molecule has 0 aromatic carbocycles. The molecule has 0 bridgehead atoms. The van der Waals surface area contributed by atoms with Crippen molar-refractivity contribution in [3.63, 3.8) is 0 Å².